The van der Waals surface area contributed by atoms with Gasteiger partial charge in [-0.3, -0.25) is 4.55 Å². The van der Waals surface area contributed by atoms with Gasteiger partial charge in [0, 0.05) is 0 Å². The van der Waals surface area contributed by atoms with E-state index < -0.39 is 20.2 Å². The van der Waals surface area contributed by atoms with Crippen molar-refractivity contribution in [3.8, 4) is 11.5 Å². The summed E-state index contributed by atoms with van der Waals surface area (Å²) in [6.45, 7) is 0. The standard InChI is InChI=1S/2C6H6O4S.Mn/c2*7-5-1-3-6(4-2-5)11(8,9)10;/h2*1-4,7H,(H,8,9,10);/q;;+2/p-2. The molecule has 0 aliphatic rings. The van der Waals surface area contributed by atoms with Gasteiger partial charge in [0.15, 0.2) is 0 Å². The first-order chi connectivity index (χ1) is 10.00. The summed E-state index contributed by atoms with van der Waals surface area (Å²) in [4.78, 5) is -0.604. The van der Waals surface area contributed by atoms with Gasteiger partial charge in [-0.25, -0.2) is 8.42 Å². The largest absolute Gasteiger partial charge is 2.00 e. The van der Waals surface area contributed by atoms with Gasteiger partial charge in [-0.2, -0.15) is 8.42 Å². The molecule has 0 aromatic heterocycles. The summed E-state index contributed by atoms with van der Waals surface area (Å²) in [7, 11) is -8.54. The van der Waals surface area contributed by atoms with Gasteiger partial charge in [-0.1, -0.05) is 12.1 Å². The molecule has 0 amide bonds. The maximum absolute atomic E-state index is 10.5. The van der Waals surface area contributed by atoms with Crippen molar-refractivity contribution in [2.45, 2.75) is 9.79 Å². The normalized spacial score (nSPS) is 10.9. The molecule has 0 spiro atoms. The van der Waals surface area contributed by atoms with Crippen LogP contribution in [-0.2, 0) is 37.3 Å². The van der Waals surface area contributed by atoms with Crippen LogP contribution in [-0.4, -0.2) is 31.0 Å². The number of hydrogen-bond acceptors (Lipinski definition) is 7. The molecule has 0 atom stereocenters. The average molecular weight is 401 g/mol. The molecule has 1 radical (unpaired) electrons. The molecule has 0 saturated heterocycles. The molecular weight excluding hydrogens is 391 g/mol. The van der Waals surface area contributed by atoms with E-state index in [0.717, 1.165) is 36.4 Å². The molecule has 2 aromatic rings. The molecule has 0 aliphatic carbocycles. The minimum atomic E-state index is -4.41. The maximum atomic E-state index is 10.5. The third kappa shape index (κ3) is 7.46. The van der Waals surface area contributed by atoms with E-state index in [1.165, 1.54) is 12.1 Å². The van der Waals surface area contributed by atoms with Gasteiger partial charge in [-0.05, 0) is 36.4 Å². The van der Waals surface area contributed by atoms with Gasteiger partial charge in [0.1, 0.15) is 15.9 Å². The molecule has 23 heavy (non-hydrogen) atoms. The van der Waals surface area contributed by atoms with E-state index in [2.05, 4.69) is 0 Å². The van der Waals surface area contributed by atoms with Crippen molar-refractivity contribution < 1.29 is 53.2 Å². The zero-order valence-corrected chi connectivity index (χ0v) is 14.0. The number of benzene rings is 2. The smallest absolute Gasteiger partial charge is 0.872 e. The number of aromatic hydroxyl groups is 1. The Labute approximate surface area is 143 Å². The van der Waals surface area contributed by atoms with Crippen molar-refractivity contribution in [2.24, 2.45) is 0 Å². The summed E-state index contributed by atoms with van der Waals surface area (Å²) in [6, 6.07) is 8.65. The Balaban J connectivity index is 0.000000403. The molecule has 2 aromatic carbocycles. The van der Waals surface area contributed by atoms with E-state index in [0.29, 0.717) is 0 Å². The Hall–Kier alpha value is -1.62. The number of phenolic OH excluding ortho intramolecular Hbond substituents is 1. The molecule has 0 fully saturated rings. The molecule has 0 heterocycles. The van der Waals surface area contributed by atoms with Crippen LogP contribution >= 0.6 is 0 Å². The Morgan fingerprint density at radius 3 is 1.52 bits per heavy atom. The molecule has 2 N–H and O–H groups in total. The zero-order valence-electron chi connectivity index (χ0n) is 11.2. The number of phenols is 1. The minimum Gasteiger partial charge on any atom is -0.872 e. The van der Waals surface area contributed by atoms with E-state index in [9.17, 15) is 26.5 Å². The van der Waals surface area contributed by atoms with Crippen LogP contribution in [0.5, 0.6) is 11.5 Å². The van der Waals surface area contributed by atoms with Gasteiger partial charge >= 0.3 is 17.1 Å². The predicted octanol–water partition coefficient (Wildman–Crippen LogP) is 0.301. The SMILES string of the molecule is O=S(=O)(O)c1ccc(O)cc1.O=S(=O)([O-])c1ccc([O-])cc1.[Mn+2]. The molecule has 11 heteroatoms. The number of hydrogen-bond donors (Lipinski definition) is 2. The molecule has 0 unspecified atom stereocenters. The van der Waals surface area contributed by atoms with Crippen LogP contribution in [0.3, 0.4) is 0 Å². The Kier molecular flexibility index (Phi) is 7.71. The third-order valence-corrected chi connectivity index (χ3v) is 3.96. The van der Waals surface area contributed by atoms with Gasteiger partial charge in [0.05, 0.1) is 9.79 Å². The summed E-state index contributed by atoms with van der Waals surface area (Å²) in [5.41, 5.74) is 0. The van der Waals surface area contributed by atoms with Crippen LogP contribution in [0.1, 0.15) is 0 Å². The van der Waals surface area contributed by atoms with Crippen LogP contribution in [0, 0.1) is 0 Å². The summed E-state index contributed by atoms with van der Waals surface area (Å²) in [5, 5.41) is 19.2. The first-order valence-corrected chi connectivity index (χ1v) is 8.34. The van der Waals surface area contributed by atoms with E-state index in [-0.39, 0.29) is 38.4 Å². The Morgan fingerprint density at radius 2 is 1.17 bits per heavy atom. The van der Waals surface area contributed by atoms with Crippen molar-refractivity contribution >= 4 is 20.2 Å². The molecule has 2 rings (SSSR count). The first kappa shape index (κ1) is 21.4. The fourth-order valence-corrected chi connectivity index (χ4v) is 2.17. The van der Waals surface area contributed by atoms with Gasteiger partial charge in [0.25, 0.3) is 10.1 Å². The molecular formula is C12H10MnO8S2. The van der Waals surface area contributed by atoms with Crippen LogP contribution in [0.4, 0.5) is 0 Å². The second kappa shape index (κ2) is 8.29. The van der Waals surface area contributed by atoms with E-state index in [1.54, 1.807) is 0 Å². The third-order valence-electron chi connectivity index (χ3n) is 2.25. The van der Waals surface area contributed by atoms with Crippen LogP contribution in [0.15, 0.2) is 58.3 Å². The fourth-order valence-electron chi connectivity index (χ4n) is 1.22. The first-order valence-electron chi connectivity index (χ1n) is 5.49. The topological polar surface area (TPSA) is 155 Å². The van der Waals surface area contributed by atoms with Gasteiger partial charge < -0.3 is 14.8 Å². The molecule has 125 valence electrons. The quantitative estimate of drug-likeness (QED) is 0.538. The maximum Gasteiger partial charge on any atom is 2.00 e. The average Bonchev–Trinajstić information content (AvgIpc) is 2.38. The van der Waals surface area contributed by atoms with Gasteiger partial charge in [0.2, 0.25) is 0 Å². The predicted molar refractivity (Wildman–Crippen MR) is 71.8 cm³/mol. The van der Waals surface area contributed by atoms with Crippen LogP contribution in [0.2, 0.25) is 0 Å². The van der Waals surface area contributed by atoms with Crippen LogP contribution in [0.25, 0.3) is 0 Å². The van der Waals surface area contributed by atoms with Crippen molar-refractivity contribution in [3.05, 3.63) is 48.5 Å². The summed E-state index contributed by atoms with van der Waals surface area (Å²) in [5.74, 6) is -0.366. The van der Waals surface area contributed by atoms with Crippen molar-refractivity contribution in [3.63, 3.8) is 0 Å². The van der Waals surface area contributed by atoms with Crippen molar-refractivity contribution in [1.82, 2.24) is 0 Å². The van der Waals surface area contributed by atoms with E-state index in [1.807, 2.05) is 0 Å². The van der Waals surface area contributed by atoms with Gasteiger partial charge in [-0.15, -0.1) is 5.75 Å². The second-order valence-corrected chi connectivity index (χ2v) is 6.70. The van der Waals surface area contributed by atoms with Crippen LogP contribution < -0.4 is 5.11 Å². The second-order valence-electron chi connectivity index (χ2n) is 3.89. The monoisotopic (exact) mass is 401 g/mol. The Morgan fingerprint density at radius 1 is 0.783 bits per heavy atom. The molecule has 8 nitrogen and oxygen atoms in total. The molecule has 0 bridgehead atoms. The van der Waals surface area contributed by atoms with Crippen molar-refractivity contribution in [2.75, 3.05) is 0 Å². The summed E-state index contributed by atoms with van der Waals surface area (Å²) < 4.78 is 60.2. The molecule has 0 aliphatic heterocycles. The number of rotatable bonds is 2. The fraction of sp³-hybridized carbons (Fsp3) is 0. The summed E-state index contributed by atoms with van der Waals surface area (Å²) >= 11 is 0. The molecule has 0 saturated carbocycles. The zero-order chi connectivity index (χ0) is 17.0. The Bertz CT molecular complexity index is 754. The summed E-state index contributed by atoms with van der Waals surface area (Å²) in [6.07, 6.45) is 0. The van der Waals surface area contributed by atoms with E-state index in [4.69, 9.17) is 9.66 Å². The van der Waals surface area contributed by atoms with E-state index >= 15 is 0 Å². The van der Waals surface area contributed by atoms with Crippen molar-refractivity contribution in [1.29, 1.82) is 0 Å². The minimum absolute atomic E-state index is 0.